The van der Waals surface area contributed by atoms with Crippen LogP contribution in [0.3, 0.4) is 0 Å². The van der Waals surface area contributed by atoms with Crippen molar-refractivity contribution in [1.82, 2.24) is 14.1 Å². The molecule has 0 spiro atoms. The lowest BCUT2D eigenvalue weighted by Gasteiger charge is -2.05. The van der Waals surface area contributed by atoms with Crippen molar-refractivity contribution in [2.24, 2.45) is 7.05 Å². The van der Waals surface area contributed by atoms with E-state index >= 15 is 0 Å². The molecule has 0 aliphatic heterocycles. The highest BCUT2D eigenvalue weighted by Crippen LogP contribution is 2.07. The van der Waals surface area contributed by atoms with Gasteiger partial charge in [0.15, 0.2) is 5.78 Å². The van der Waals surface area contributed by atoms with Crippen molar-refractivity contribution in [1.29, 1.82) is 0 Å². The van der Waals surface area contributed by atoms with Gasteiger partial charge in [0.25, 0.3) is 5.56 Å². The van der Waals surface area contributed by atoms with E-state index in [-0.39, 0.29) is 17.9 Å². The van der Waals surface area contributed by atoms with Gasteiger partial charge >= 0.3 is 0 Å². The molecule has 0 aromatic carbocycles. The minimum atomic E-state index is -0.244. The van der Waals surface area contributed by atoms with Crippen molar-refractivity contribution < 1.29 is 4.79 Å². The molecule has 0 atom stereocenters. The van der Waals surface area contributed by atoms with Crippen molar-refractivity contribution in [3.05, 3.63) is 50.9 Å². The Kier molecular flexibility index (Phi) is 3.47. The molecule has 2 rings (SSSR count). The van der Waals surface area contributed by atoms with Crippen molar-refractivity contribution >= 4 is 21.7 Å². The molecule has 2 aromatic heterocycles. The first-order valence-electron chi connectivity index (χ1n) is 5.35. The van der Waals surface area contributed by atoms with E-state index in [2.05, 4.69) is 20.9 Å². The van der Waals surface area contributed by atoms with Gasteiger partial charge in [-0.2, -0.15) is 0 Å². The fourth-order valence-electron chi connectivity index (χ4n) is 1.57. The molecule has 6 heteroatoms. The molecule has 0 aliphatic carbocycles. The van der Waals surface area contributed by atoms with E-state index in [1.165, 1.54) is 10.9 Å². The predicted octanol–water partition coefficient (Wildman–Crippen LogP) is 1.54. The summed E-state index contributed by atoms with van der Waals surface area (Å²) in [6, 6.07) is 1.73. The molecule has 0 saturated heterocycles. The summed E-state index contributed by atoms with van der Waals surface area (Å²) in [6.45, 7) is 1.73. The number of nitrogens with zero attached hydrogens (tertiary/aromatic N) is 3. The highest BCUT2D eigenvalue weighted by atomic mass is 79.9. The molecule has 0 fully saturated rings. The molecule has 0 aliphatic rings. The van der Waals surface area contributed by atoms with Gasteiger partial charge in [-0.05, 0) is 28.9 Å². The van der Waals surface area contributed by atoms with E-state index < -0.39 is 0 Å². The van der Waals surface area contributed by atoms with Crippen LogP contribution >= 0.6 is 15.9 Å². The summed E-state index contributed by atoms with van der Waals surface area (Å²) in [6.07, 6.45) is 4.91. The summed E-state index contributed by atoms with van der Waals surface area (Å²) in [7, 11) is 1.84. The second-order valence-electron chi connectivity index (χ2n) is 4.07. The van der Waals surface area contributed by atoms with Crippen LogP contribution in [0.4, 0.5) is 0 Å². The minimum Gasteiger partial charge on any atom is -0.357 e. The highest BCUT2D eigenvalue weighted by molar-refractivity contribution is 9.10. The van der Waals surface area contributed by atoms with Crippen LogP contribution < -0.4 is 5.56 Å². The summed E-state index contributed by atoms with van der Waals surface area (Å²) in [5.74, 6) is -0.116. The zero-order chi connectivity index (χ0) is 13.3. The maximum absolute atomic E-state index is 12.0. The zero-order valence-electron chi connectivity index (χ0n) is 10.1. The van der Waals surface area contributed by atoms with Gasteiger partial charge in [0.1, 0.15) is 4.47 Å². The number of aryl methyl sites for hydroxylation is 2. The van der Waals surface area contributed by atoms with Gasteiger partial charge in [0.05, 0.1) is 18.6 Å². The number of rotatable bonds is 3. The molecule has 2 heterocycles. The lowest BCUT2D eigenvalue weighted by atomic mass is 10.2. The number of hydrogen-bond acceptors (Lipinski definition) is 3. The smallest absolute Gasteiger partial charge is 0.268 e. The number of carbonyl (C=O) groups is 1. The molecule has 2 aromatic rings. The summed E-state index contributed by atoms with van der Waals surface area (Å²) in [4.78, 5) is 27.9. The molecular formula is C12H12BrN3O2. The summed E-state index contributed by atoms with van der Waals surface area (Å²) in [5.41, 5.74) is 0.955. The van der Waals surface area contributed by atoms with Crippen LogP contribution in [0.25, 0.3) is 0 Å². The third-order valence-electron chi connectivity index (χ3n) is 2.62. The molecule has 0 radical (unpaired) electrons. The van der Waals surface area contributed by atoms with E-state index in [1.807, 2.05) is 7.05 Å². The van der Waals surface area contributed by atoms with Crippen LogP contribution in [-0.2, 0) is 13.6 Å². The van der Waals surface area contributed by atoms with Gasteiger partial charge < -0.3 is 4.57 Å². The normalized spacial score (nSPS) is 10.6. The van der Waals surface area contributed by atoms with Gasteiger partial charge in [-0.3, -0.25) is 14.2 Å². The molecule has 0 bridgehead atoms. The monoisotopic (exact) mass is 309 g/mol. The number of hydrogen-bond donors (Lipinski definition) is 0. The average Bonchev–Trinajstić information content (AvgIpc) is 2.77. The van der Waals surface area contributed by atoms with Gasteiger partial charge in [-0.1, -0.05) is 0 Å². The quantitative estimate of drug-likeness (QED) is 0.808. The van der Waals surface area contributed by atoms with Gasteiger partial charge in [-0.15, -0.1) is 0 Å². The second-order valence-corrected chi connectivity index (χ2v) is 4.86. The number of aromatic nitrogens is 3. The molecule has 0 N–H and O–H groups in total. The number of ketones is 1. The van der Waals surface area contributed by atoms with Crippen LogP contribution in [0.5, 0.6) is 0 Å². The lowest BCUT2D eigenvalue weighted by molar-refractivity contribution is 0.0970. The van der Waals surface area contributed by atoms with Crippen LogP contribution in [-0.4, -0.2) is 19.9 Å². The van der Waals surface area contributed by atoms with Gasteiger partial charge in [0.2, 0.25) is 0 Å². The Bertz CT molecular complexity index is 658. The molecular weight excluding hydrogens is 298 g/mol. The van der Waals surface area contributed by atoms with Crippen molar-refractivity contribution in [3.63, 3.8) is 0 Å². The fraction of sp³-hybridized carbons (Fsp3) is 0.250. The Morgan fingerprint density at radius 2 is 2.22 bits per heavy atom. The van der Waals surface area contributed by atoms with Gasteiger partial charge in [0, 0.05) is 25.0 Å². The summed E-state index contributed by atoms with van der Waals surface area (Å²) in [5, 5.41) is 0. The van der Waals surface area contributed by atoms with E-state index in [0.717, 1.165) is 0 Å². The summed E-state index contributed by atoms with van der Waals surface area (Å²) < 4.78 is 3.48. The Morgan fingerprint density at radius 3 is 2.83 bits per heavy atom. The van der Waals surface area contributed by atoms with Crippen LogP contribution in [0.2, 0.25) is 0 Å². The van der Waals surface area contributed by atoms with E-state index in [4.69, 9.17) is 0 Å². The Labute approximate surface area is 112 Å². The molecule has 0 saturated carbocycles. The van der Waals surface area contributed by atoms with Crippen molar-refractivity contribution in [2.45, 2.75) is 13.5 Å². The van der Waals surface area contributed by atoms with Crippen molar-refractivity contribution in [3.8, 4) is 0 Å². The van der Waals surface area contributed by atoms with E-state index in [9.17, 15) is 9.59 Å². The van der Waals surface area contributed by atoms with E-state index in [1.54, 1.807) is 30.0 Å². The van der Waals surface area contributed by atoms with Crippen molar-refractivity contribution in [2.75, 3.05) is 0 Å². The van der Waals surface area contributed by atoms with Crippen LogP contribution in [0.15, 0.2) is 34.1 Å². The van der Waals surface area contributed by atoms with Gasteiger partial charge in [-0.25, -0.2) is 4.98 Å². The lowest BCUT2D eigenvalue weighted by Crippen LogP contribution is -2.25. The zero-order valence-corrected chi connectivity index (χ0v) is 11.6. The minimum absolute atomic E-state index is 0.00523. The number of halogens is 1. The second kappa shape index (κ2) is 4.89. The molecule has 0 amide bonds. The van der Waals surface area contributed by atoms with Crippen LogP contribution in [0, 0.1) is 6.92 Å². The largest absolute Gasteiger partial charge is 0.357 e. The fourth-order valence-corrected chi connectivity index (χ4v) is 1.90. The number of carbonyl (C=O) groups excluding carboxylic acids is 1. The number of Topliss-reactive ketones (excluding diaryl/α,β-unsaturated/α-hetero) is 1. The van der Waals surface area contributed by atoms with Crippen LogP contribution in [0.1, 0.15) is 16.1 Å². The Balaban J connectivity index is 2.28. The average molecular weight is 310 g/mol. The molecule has 18 heavy (non-hydrogen) atoms. The molecule has 5 nitrogen and oxygen atoms in total. The topological polar surface area (TPSA) is 56.9 Å². The third kappa shape index (κ3) is 2.43. The first kappa shape index (κ1) is 12.8. The van der Waals surface area contributed by atoms with E-state index in [0.29, 0.717) is 15.7 Å². The third-order valence-corrected chi connectivity index (χ3v) is 3.54. The molecule has 0 unspecified atom stereocenters. The summed E-state index contributed by atoms with van der Waals surface area (Å²) >= 11 is 3.17. The predicted molar refractivity (Wildman–Crippen MR) is 70.7 cm³/mol. The SMILES string of the molecule is Cc1ncn(CC(=O)c2ccn(C)c2)c(=O)c1Br. The highest BCUT2D eigenvalue weighted by Gasteiger charge is 2.11. The Hall–Kier alpha value is -1.69. The standard InChI is InChI=1S/C12H12BrN3O2/c1-8-11(13)12(18)16(7-14-8)6-10(17)9-3-4-15(2)5-9/h3-5,7H,6H2,1-2H3. The first-order valence-corrected chi connectivity index (χ1v) is 6.15. The Morgan fingerprint density at radius 1 is 1.50 bits per heavy atom. The maximum atomic E-state index is 12.0. The first-order chi connectivity index (χ1) is 8.49. The molecule has 94 valence electrons. The maximum Gasteiger partial charge on any atom is 0.268 e.